The van der Waals surface area contributed by atoms with E-state index in [1.807, 2.05) is 17.2 Å². The summed E-state index contributed by atoms with van der Waals surface area (Å²) in [4.78, 5) is 41.1. The molecular weight excluding hydrogens is 374 g/mol. The van der Waals surface area contributed by atoms with E-state index in [2.05, 4.69) is 19.9 Å². The number of aromatic nitrogens is 3. The van der Waals surface area contributed by atoms with Crippen LogP contribution in [0.1, 0.15) is 50.8 Å². The maximum absolute atomic E-state index is 12.9. The van der Waals surface area contributed by atoms with Crippen LogP contribution in [0.4, 0.5) is 0 Å². The Morgan fingerprint density at radius 3 is 2.64 bits per heavy atom. The minimum atomic E-state index is -0.146. The van der Waals surface area contributed by atoms with Crippen LogP contribution in [0, 0.1) is 0 Å². The first-order valence-electron chi connectivity index (χ1n) is 10.2. The predicted octanol–water partition coefficient (Wildman–Crippen LogP) is 2.47. The number of H-pyrrole nitrogens is 1. The SMILES string of the molecule is C[C@@H](C(=O)N1CCC(c2nc(-c3nccs3)cc(=O)[nH]2)CC1)N1CCCCC1. The normalized spacial score (nSPS) is 20.2. The van der Waals surface area contributed by atoms with Crippen LogP contribution in [0.5, 0.6) is 0 Å². The van der Waals surface area contributed by atoms with Gasteiger partial charge in [-0.05, 0) is 45.7 Å². The molecule has 0 aliphatic carbocycles. The van der Waals surface area contributed by atoms with E-state index in [9.17, 15) is 9.59 Å². The maximum atomic E-state index is 12.9. The summed E-state index contributed by atoms with van der Waals surface area (Å²) in [7, 11) is 0. The molecule has 150 valence electrons. The molecule has 2 fully saturated rings. The van der Waals surface area contributed by atoms with Gasteiger partial charge in [0.2, 0.25) is 5.91 Å². The lowest BCUT2D eigenvalue weighted by atomic mass is 9.95. The number of piperidine rings is 2. The molecule has 2 aromatic heterocycles. The Kier molecular flexibility index (Phi) is 5.87. The van der Waals surface area contributed by atoms with Crippen molar-refractivity contribution in [2.24, 2.45) is 0 Å². The molecule has 0 spiro atoms. The lowest BCUT2D eigenvalue weighted by Crippen LogP contribution is -2.50. The van der Waals surface area contributed by atoms with E-state index in [-0.39, 0.29) is 23.4 Å². The smallest absolute Gasteiger partial charge is 0.251 e. The molecule has 1 atom stereocenters. The second-order valence-corrected chi connectivity index (χ2v) is 8.62. The number of likely N-dealkylation sites (tertiary alicyclic amines) is 2. The summed E-state index contributed by atoms with van der Waals surface area (Å²) in [6, 6.07) is 1.46. The van der Waals surface area contributed by atoms with E-state index < -0.39 is 0 Å². The number of nitrogens with one attached hydrogen (secondary N) is 1. The van der Waals surface area contributed by atoms with Gasteiger partial charge in [0.25, 0.3) is 5.56 Å². The van der Waals surface area contributed by atoms with Gasteiger partial charge in [0.05, 0.1) is 6.04 Å². The summed E-state index contributed by atoms with van der Waals surface area (Å²) in [5, 5.41) is 2.64. The second-order valence-electron chi connectivity index (χ2n) is 7.73. The summed E-state index contributed by atoms with van der Waals surface area (Å²) in [5.74, 6) is 1.12. The van der Waals surface area contributed by atoms with Crippen molar-refractivity contribution < 1.29 is 4.79 Å². The molecule has 8 heteroatoms. The zero-order chi connectivity index (χ0) is 19.5. The number of carbonyl (C=O) groups is 1. The lowest BCUT2D eigenvalue weighted by molar-refractivity contribution is -0.137. The first kappa shape index (κ1) is 19.3. The van der Waals surface area contributed by atoms with Crippen LogP contribution in [0.3, 0.4) is 0 Å². The minimum absolute atomic E-state index is 0.0389. The van der Waals surface area contributed by atoms with Gasteiger partial charge in [-0.3, -0.25) is 14.5 Å². The molecule has 4 rings (SSSR count). The highest BCUT2D eigenvalue weighted by Gasteiger charge is 2.31. The molecule has 2 aliphatic heterocycles. The number of hydrogen-bond acceptors (Lipinski definition) is 6. The zero-order valence-corrected chi connectivity index (χ0v) is 17.1. The van der Waals surface area contributed by atoms with Gasteiger partial charge in [0.1, 0.15) is 16.5 Å². The standard InChI is InChI=1S/C20H27N5O2S/c1-14(24-8-3-2-4-9-24)20(27)25-10-5-15(6-11-25)18-22-16(13-17(26)23-18)19-21-7-12-28-19/h7,12-15H,2-6,8-11H2,1H3,(H,22,23,26)/t14-/m0/s1. The van der Waals surface area contributed by atoms with Gasteiger partial charge in [0.15, 0.2) is 0 Å². The number of nitrogens with zero attached hydrogens (tertiary/aromatic N) is 4. The van der Waals surface area contributed by atoms with Crippen molar-refractivity contribution in [3.05, 3.63) is 33.8 Å². The van der Waals surface area contributed by atoms with E-state index in [0.29, 0.717) is 24.6 Å². The first-order valence-corrected chi connectivity index (χ1v) is 11.0. The molecule has 28 heavy (non-hydrogen) atoms. The van der Waals surface area contributed by atoms with Crippen LogP contribution < -0.4 is 5.56 Å². The van der Waals surface area contributed by atoms with Crippen LogP contribution in [0.2, 0.25) is 0 Å². The van der Waals surface area contributed by atoms with Gasteiger partial charge in [-0.1, -0.05) is 6.42 Å². The highest BCUT2D eigenvalue weighted by atomic mass is 32.1. The highest BCUT2D eigenvalue weighted by molar-refractivity contribution is 7.13. The summed E-state index contributed by atoms with van der Waals surface area (Å²) >= 11 is 1.48. The molecule has 2 aromatic rings. The van der Waals surface area contributed by atoms with Gasteiger partial charge >= 0.3 is 0 Å². The summed E-state index contributed by atoms with van der Waals surface area (Å²) in [6.07, 6.45) is 7.01. The van der Waals surface area contributed by atoms with Crippen molar-refractivity contribution >= 4 is 17.2 Å². The van der Waals surface area contributed by atoms with E-state index in [4.69, 9.17) is 0 Å². The fourth-order valence-electron chi connectivity index (χ4n) is 4.23. The molecule has 2 saturated heterocycles. The van der Waals surface area contributed by atoms with Crippen LogP contribution in [-0.4, -0.2) is 62.9 Å². The molecule has 0 aromatic carbocycles. The van der Waals surface area contributed by atoms with Crippen LogP contribution in [-0.2, 0) is 4.79 Å². The Bertz CT molecular complexity index is 852. The van der Waals surface area contributed by atoms with Crippen molar-refractivity contribution in [2.45, 2.75) is 51.0 Å². The highest BCUT2D eigenvalue weighted by Crippen LogP contribution is 2.27. The molecule has 0 radical (unpaired) electrons. The fourth-order valence-corrected chi connectivity index (χ4v) is 4.83. The Hall–Kier alpha value is -2.06. The minimum Gasteiger partial charge on any atom is -0.341 e. The third-order valence-corrected chi connectivity index (χ3v) is 6.70. The topological polar surface area (TPSA) is 82.2 Å². The Morgan fingerprint density at radius 2 is 1.96 bits per heavy atom. The van der Waals surface area contributed by atoms with Gasteiger partial charge in [0, 0.05) is 36.7 Å². The van der Waals surface area contributed by atoms with Crippen LogP contribution >= 0.6 is 11.3 Å². The first-order chi connectivity index (χ1) is 13.6. The summed E-state index contributed by atoms with van der Waals surface area (Å²) in [5.41, 5.74) is 0.485. The van der Waals surface area contributed by atoms with E-state index >= 15 is 0 Å². The molecule has 0 unspecified atom stereocenters. The zero-order valence-electron chi connectivity index (χ0n) is 16.3. The number of hydrogen-bond donors (Lipinski definition) is 1. The quantitative estimate of drug-likeness (QED) is 0.851. The molecule has 1 N–H and O–H groups in total. The molecule has 0 bridgehead atoms. The number of rotatable bonds is 4. The summed E-state index contributed by atoms with van der Waals surface area (Å²) < 4.78 is 0. The fraction of sp³-hybridized carbons (Fsp3) is 0.600. The van der Waals surface area contributed by atoms with Crippen LogP contribution in [0.15, 0.2) is 22.4 Å². The second kappa shape index (κ2) is 8.53. The Morgan fingerprint density at radius 1 is 1.21 bits per heavy atom. The maximum Gasteiger partial charge on any atom is 0.251 e. The van der Waals surface area contributed by atoms with Crippen molar-refractivity contribution in [3.63, 3.8) is 0 Å². The van der Waals surface area contributed by atoms with Crippen molar-refractivity contribution in [1.82, 2.24) is 24.8 Å². The molecule has 4 heterocycles. The van der Waals surface area contributed by atoms with Crippen LogP contribution in [0.25, 0.3) is 10.7 Å². The van der Waals surface area contributed by atoms with Crippen molar-refractivity contribution in [3.8, 4) is 10.7 Å². The van der Waals surface area contributed by atoms with E-state index in [0.717, 1.165) is 30.9 Å². The third kappa shape index (κ3) is 4.17. The predicted molar refractivity (Wildman–Crippen MR) is 109 cm³/mol. The van der Waals surface area contributed by atoms with Gasteiger partial charge in [-0.2, -0.15) is 0 Å². The number of aromatic amines is 1. The lowest BCUT2D eigenvalue weighted by Gasteiger charge is -2.37. The van der Waals surface area contributed by atoms with Gasteiger partial charge < -0.3 is 9.88 Å². The third-order valence-electron chi connectivity index (χ3n) is 5.90. The molecule has 7 nitrogen and oxygen atoms in total. The average molecular weight is 402 g/mol. The van der Waals surface area contributed by atoms with Crippen molar-refractivity contribution in [2.75, 3.05) is 26.2 Å². The van der Waals surface area contributed by atoms with Gasteiger partial charge in [-0.25, -0.2) is 9.97 Å². The molecular formula is C20H27N5O2S. The molecule has 2 aliphatic rings. The molecule has 1 amide bonds. The van der Waals surface area contributed by atoms with E-state index in [1.165, 1.54) is 36.7 Å². The number of thiazole rings is 1. The van der Waals surface area contributed by atoms with Crippen molar-refractivity contribution in [1.29, 1.82) is 0 Å². The largest absolute Gasteiger partial charge is 0.341 e. The Balaban J connectivity index is 1.40. The molecule has 0 saturated carbocycles. The number of amides is 1. The number of carbonyl (C=O) groups excluding carboxylic acids is 1. The summed E-state index contributed by atoms with van der Waals surface area (Å²) in [6.45, 7) is 5.52. The van der Waals surface area contributed by atoms with Gasteiger partial charge in [-0.15, -0.1) is 11.3 Å². The average Bonchev–Trinajstić information content (AvgIpc) is 3.28. The Labute approximate surface area is 168 Å². The van der Waals surface area contributed by atoms with E-state index in [1.54, 1.807) is 6.20 Å². The monoisotopic (exact) mass is 401 g/mol.